The second-order valence-electron chi connectivity index (χ2n) is 6.54. The van der Waals surface area contributed by atoms with Gasteiger partial charge >= 0.3 is 0 Å². The van der Waals surface area contributed by atoms with Gasteiger partial charge < -0.3 is 9.88 Å². The second kappa shape index (κ2) is 7.70. The van der Waals surface area contributed by atoms with Crippen molar-refractivity contribution in [2.75, 3.05) is 0 Å². The molecule has 0 saturated heterocycles. The van der Waals surface area contributed by atoms with Crippen molar-refractivity contribution >= 4 is 28.5 Å². The number of hydrogen-bond acceptors (Lipinski definition) is 2. The van der Waals surface area contributed by atoms with Gasteiger partial charge in [0.05, 0.1) is 17.6 Å². The van der Waals surface area contributed by atoms with Gasteiger partial charge in [0.25, 0.3) is 5.91 Å². The number of imidazole rings is 1. The van der Waals surface area contributed by atoms with Gasteiger partial charge in [0.1, 0.15) is 5.82 Å². The number of carbonyl (C=O) groups excluding carboxylic acids is 1. The molecule has 0 radical (unpaired) electrons. The van der Waals surface area contributed by atoms with Crippen LogP contribution in [0.15, 0.2) is 48.5 Å². The van der Waals surface area contributed by atoms with Gasteiger partial charge in [-0.05, 0) is 48.7 Å². The predicted octanol–water partition coefficient (Wildman–Crippen LogP) is 4.67. The summed E-state index contributed by atoms with van der Waals surface area (Å²) in [6.45, 7) is 5.71. The number of amides is 1. The van der Waals surface area contributed by atoms with Crippen LogP contribution < -0.4 is 5.32 Å². The average Bonchev–Trinajstić information content (AvgIpc) is 2.96. The summed E-state index contributed by atoms with van der Waals surface area (Å²) in [6, 6.07) is 15.0. The number of carbonyl (C=O) groups is 1. The Kier molecular flexibility index (Phi) is 5.39. The van der Waals surface area contributed by atoms with Gasteiger partial charge in [0.2, 0.25) is 0 Å². The van der Waals surface area contributed by atoms with Crippen LogP contribution in [0.2, 0.25) is 5.02 Å². The Morgan fingerprint density at radius 1 is 1.16 bits per heavy atom. The van der Waals surface area contributed by atoms with Crippen molar-refractivity contribution in [3.63, 3.8) is 0 Å². The minimum atomic E-state index is -0.126. The Labute approximate surface area is 152 Å². The van der Waals surface area contributed by atoms with E-state index >= 15 is 0 Å². The van der Waals surface area contributed by atoms with Gasteiger partial charge in [-0.2, -0.15) is 0 Å². The maximum absolute atomic E-state index is 12.3. The number of halogens is 1. The van der Waals surface area contributed by atoms with Crippen molar-refractivity contribution < 1.29 is 4.79 Å². The Morgan fingerprint density at radius 3 is 2.60 bits per heavy atom. The lowest BCUT2D eigenvalue weighted by Crippen LogP contribution is -2.24. The molecule has 5 heteroatoms. The summed E-state index contributed by atoms with van der Waals surface area (Å²) in [5.74, 6) is 1.36. The Morgan fingerprint density at radius 2 is 1.88 bits per heavy atom. The lowest BCUT2D eigenvalue weighted by atomic mass is 10.1. The zero-order chi connectivity index (χ0) is 17.8. The lowest BCUT2D eigenvalue weighted by Gasteiger charge is -2.12. The second-order valence-corrected chi connectivity index (χ2v) is 6.98. The smallest absolute Gasteiger partial charge is 0.251 e. The molecule has 1 amide bonds. The monoisotopic (exact) mass is 355 g/mol. The summed E-state index contributed by atoms with van der Waals surface area (Å²) >= 11 is 5.87. The SMILES string of the molecule is CC(C)CCn1c(CNC(=O)c2ccc(Cl)cc2)nc2ccccc21. The maximum Gasteiger partial charge on any atom is 0.251 e. The molecule has 1 aromatic heterocycles. The van der Waals surface area contributed by atoms with Gasteiger partial charge in [-0.1, -0.05) is 37.6 Å². The molecule has 0 unspecified atom stereocenters. The molecule has 130 valence electrons. The molecule has 1 N–H and O–H groups in total. The average molecular weight is 356 g/mol. The highest BCUT2D eigenvalue weighted by molar-refractivity contribution is 6.30. The Bertz CT molecular complexity index is 868. The zero-order valence-electron chi connectivity index (χ0n) is 14.5. The van der Waals surface area contributed by atoms with E-state index in [2.05, 4.69) is 29.8 Å². The van der Waals surface area contributed by atoms with Gasteiger partial charge in [0, 0.05) is 17.1 Å². The van der Waals surface area contributed by atoms with Crippen molar-refractivity contribution in [2.45, 2.75) is 33.4 Å². The first-order valence-electron chi connectivity index (χ1n) is 8.52. The standard InChI is InChI=1S/C20H22ClN3O/c1-14(2)11-12-24-18-6-4-3-5-17(18)23-19(24)13-22-20(25)15-7-9-16(21)10-8-15/h3-10,14H,11-13H2,1-2H3,(H,22,25). The number of benzene rings is 2. The van der Waals surface area contributed by atoms with Gasteiger partial charge in [-0.3, -0.25) is 4.79 Å². The molecule has 25 heavy (non-hydrogen) atoms. The van der Waals surface area contributed by atoms with E-state index in [4.69, 9.17) is 16.6 Å². The molecule has 1 heterocycles. The van der Waals surface area contributed by atoms with Gasteiger partial charge in [0.15, 0.2) is 0 Å². The largest absolute Gasteiger partial charge is 0.345 e. The lowest BCUT2D eigenvalue weighted by molar-refractivity contribution is 0.0949. The fraction of sp³-hybridized carbons (Fsp3) is 0.300. The molecule has 0 aliphatic carbocycles. The Hall–Kier alpha value is -2.33. The minimum Gasteiger partial charge on any atom is -0.345 e. The summed E-state index contributed by atoms with van der Waals surface area (Å²) in [5.41, 5.74) is 2.66. The molecule has 0 fully saturated rings. The first-order valence-corrected chi connectivity index (χ1v) is 8.90. The van der Waals surface area contributed by atoms with E-state index in [1.165, 1.54) is 0 Å². The fourth-order valence-corrected chi connectivity index (χ4v) is 2.89. The summed E-state index contributed by atoms with van der Waals surface area (Å²) in [4.78, 5) is 17.0. The van der Waals surface area contributed by atoms with Crippen molar-refractivity contribution in [3.05, 3.63) is 64.9 Å². The van der Waals surface area contributed by atoms with Crippen LogP contribution in [-0.2, 0) is 13.1 Å². The number of nitrogens with one attached hydrogen (secondary N) is 1. The molecule has 0 aliphatic rings. The van der Waals surface area contributed by atoms with E-state index in [0.29, 0.717) is 23.0 Å². The molecule has 4 nitrogen and oxygen atoms in total. The molecule has 0 atom stereocenters. The van der Waals surface area contributed by atoms with Gasteiger partial charge in [-0.15, -0.1) is 0 Å². The molecule has 0 bridgehead atoms. The van der Waals surface area contributed by atoms with E-state index < -0.39 is 0 Å². The quantitative estimate of drug-likeness (QED) is 0.698. The molecule has 0 aliphatic heterocycles. The molecule has 3 rings (SSSR count). The van der Waals surface area contributed by atoms with Crippen LogP contribution in [0, 0.1) is 5.92 Å². The van der Waals surface area contributed by atoms with Crippen LogP contribution in [0.25, 0.3) is 11.0 Å². The highest BCUT2D eigenvalue weighted by Crippen LogP contribution is 2.18. The van der Waals surface area contributed by atoms with E-state index in [-0.39, 0.29) is 5.91 Å². The van der Waals surface area contributed by atoms with Crippen LogP contribution in [0.5, 0.6) is 0 Å². The number of aryl methyl sites for hydroxylation is 1. The van der Waals surface area contributed by atoms with Crippen LogP contribution >= 0.6 is 11.6 Å². The highest BCUT2D eigenvalue weighted by Gasteiger charge is 2.12. The van der Waals surface area contributed by atoms with E-state index in [0.717, 1.165) is 29.8 Å². The molecule has 2 aromatic carbocycles. The van der Waals surface area contributed by atoms with Crippen molar-refractivity contribution in [1.29, 1.82) is 0 Å². The third-order valence-electron chi connectivity index (χ3n) is 4.18. The fourth-order valence-electron chi connectivity index (χ4n) is 2.76. The molecular weight excluding hydrogens is 334 g/mol. The number of nitrogens with zero attached hydrogens (tertiary/aromatic N) is 2. The third-order valence-corrected chi connectivity index (χ3v) is 4.43. The van der Waals surface area contributed by atoms with Crippen LogP contribution in [0.1, 0.15) is 36.5 Å². The zero-order valence-corrected chi connectivity index (χ0v) is 15.3. The number of fused-ring (bicyclic) bond motifs is 1. The van der Waals surface area contributed by atoms with E-state index in [9.17, 15) is 4.79 Å². The number of rotatable bonds is 6. The molecule has 0 spiro atoms. The number of aromatic nitrogens is 2. The summed E-state index contributed by atoms with van der Waals surface area (Å²) < 4.78 is 2.21. The van der Waals surface area contributed by atoms with E-state index in [1.807, 2.05) is 18.2 Å². The third kappa shape index (κ3) is 4.20. The van der Waals surface area contributed by atoms with Crippen LogP contribution in [0.4, 0.5) is 0 Å². The van der Waals surface area contributed by atoms with Gasteiger partial charge in [-0.25, -0.2) is 4.98 Å². The van der Waals surface area contributed by atoms with Crippen LogP contribution in [-0.4, -0.2) is 15.5 Å². The molecule has 0 saturated carbocycles. The summed E-state index contributed by atoms with van der Waals surface area (Å²) in [6.07, 6.45) is 1.07. The maximum atomic E-state index is 12.3. The summed E-state index contributed by atoms with van der Waals surface area (Å²) in [5, 5.41) is 3.58. The van der Waals surface area contributed by atoms with Crippen LogP contribution in [0.3, 0.4) is 0 Å². The highest BCUT2D eigenvalue weighted by atomic mass is 35.5. The number of hydrogen-bond donors (Lipinski definition) is 1. The van der Waals surface area contributed by atoms with E-state index in [1.54, 1.807) is 24.3 Å². The number of para-hydroxylation sites is 2. The van der Waals surface area contributed by atoms with Crippen molar-refractivity contribution in [3.8, 4) is 0 Å². The molecule has 3 aromatic rings. The molecular formula is C20H22ClN3O. The topological polar surface area (TPSA) is 46.9 Å². The first kappa shape index (κ1) is 17.5. The minimum absolute atomic E-state index is 0.126. The Balaban J connectivity index is 1.79. The first-order chi connectivity index (χ1) is 12.0. The van der Waals surface area contributed by atoms with Crippen molar-refractivity contribution in [1.82, 2.24) is 14.9 Å². The van der Waals surface area contributed by atoms with Crippen molar-refractivity contribution in [2.24, 2.45) is 5.92 Å². The predicted molar refractivity (Wildman–Crippen MR) is 102 cm³/mol. The normalized spacial score (nSPS) is 11.2. The summed E-state index contributed by atoms with van der Waals surface area (Å²) in [7, 11) is 0.